The van der Waals surface area contributed by atoms with Crippen molar-refractivity contribution in [2.45, 2.75) is 37.8 Å². The lowest BCUT2D eigenvalue weighted by molar-refractivity contribution is -0.140. The van der Waals surface area contributed by atoms with Crippen molar-refractivity contribution >= 4 is 24.1 Å². The molecule has 0 N–H and O–H groups in total. The van der Waals surface area contributed by atoms with Crippen LogP contribution in [0.5, 0.6) is 0 Å². The zero-order chi connectivity index (χ0) is 16.5. The number of nitrogens with zero attached hydrogens (tertiary/aromatic N) is 1. The normalized spacial score (nSPS) is 24.8. The van der Waals surface area contributed by atoms with Gasteiger partial charge in [-0.25, -0.2) is 8.42 Å². The fraction of sp³-hybridized carbons (Fsp3) is 0.533. The molecule has 5 nitrogen and oxygen atoms in total. The van der Waals surface area contributed by atoms with Crippen LogP contribution in [0.3, 0.4) is 0 Å². The fourth-order valence-electron chi connectivity index (χ4n) is 2.43. The van der Waals surface area contributed by atoms with Crippen LogP contribution in [0.1, 0.15) is 11.6 Å². The zero-order valence-electron chi connectivity index (χ0n) is 13.4. The van der Waals surface area contributed by atoms with Crippen molar-refractivity contribution in [1.82, 2.24) is 4.31 Å². The molecule has 1 fully saturated rings. The maximum absolute atomic E-state index is 12.6. The Morgan fingerprint density at radius 2 is 1.82 bits per heavy atom. The summed E-state index contributed by atoms with van der Waals surface area (Å²) < 4.78 is 31.2. The van der Waals surface area contributed by atoms with Gasteiger partial charge in [0.15, 0.2) is 0 Å². The van der Waals surface area contributed by atoms with Crippen molar-refractivity contribution in [3.8, 4) is 0 Å². The number of esters is 1. The molecule has 0 amide bonds. The fourth-order valence-corrected chi connectivity index (χ4v) is 7.20. The summed E-state index contributed by atoms with van der Waals surface area (Å²) >= 11 is 0. The number of methoxy groups -OCH3 is 1. The van der Waals surface area contributed by atoms with Gasteiger partial charge >= 0.3 is 5.97 Å². The molecular weight excluding hydrogens is 318 g/mol. The van der Waals surface area contributed by atoms with Crippen molar-refractivity contribution < 1.29 is 17.9 Å². The highest BCUT2D eigenvalue weighted by molar-refractivity contribution is 7.89. The van der Waals surface area contributed by atoms with E-state index in [1.165, 1.54) is 11.4 Å². The molecule has 1 aliphatic heterocycles. The summed E-state index contributed by atoms with van der Waals surface area (Å²) in [6, 6.07) is 8.76. The van der Waals surface area contributed by atoms with Crippen molar-refractivity contribution in [2.24, 2.45) is 0 Å². The van der Waals surface area contributed by atoms with Gasteiger partial charge in [0.2, 0.25) is 10.0 Å². The summed E-state index contributed by atoms with van der Waals surface area (Å²) in [6.07, 6.45) is 0. The topological polar surface area (TPSA) is 63.5 Å². The molecule has 0 aromatic heterocycles. The van der Waals surface area contributed by atoms with Crippen molar-refractivity contribution in [2.75, 3.05) is 12.9 Å². The molecule has 1 aromatic carbocycles. The van der Waals surface area contributed by atoms with Crippen LogP contribution in [0.25, 0.3) is 0 Å². The highest BCUT2D eigenvalue weighted by Crippen LogP contribution is 2.46. The third-order valence-electron chi connectivity index (χ3n) is 3.77. The van der Waals surface area contributed by atoms with E-state index in [4.69, 9.17) is 4.74 Å². The quantitative estimate of drug-likeness (QED) is 0.452. The average Bonchev–Trinajstić information content (AvgIpc) is 3.21. The largest absolute Gasteiger partial charge is 0.468 e. The lowest BCUT2D eigenvalue weighted by Crippen LogP contribution is -2.28. The van der Waals surface area contributed by atoms with E-state index in [-0.39, 0.29) is 5.75 Å². The monoisotopic (exact) mass is 341 g/mol. The second-order valence-electron chi connectivity index (χ2n) is 6.78. The Morgan fingerprint density at radius 1 is 1.23 bits per heavy atom. The van der Waals surface area contributed by atoms with E-state index >= 15 is 0 Å². The molecule has 1 heterocycles. The molecule has 1 unspecified atom stereocenters. The first-order valence-corrected chi connectivity index (χ1v) is 12.6. The van der Waals surface area contributed by atoms with Gasteiger partial charge < -0.3 is 4.74 Å². The molecule has 22 heavy (non-hydrogen) atoms. The first kappa shape index (κ1) is 17.2. The van der Waals surface area contributed by atoms with Gasteiger partial charge in [-0.2, -0.15) is 4.31 Å². The molecule has 1 aromatic rings. The van der Waals surface area contributed by atoms with E-state index in [0.29, 0.717) is 6.04 Å². The number of sulfonamides is 1. The summed E-state index contributed by atoms with van der Waals surface area (Å²) in [7, 11) is -3.63. The van der Waals surface area contributed by atoms with Crippen LogP contribution in [0.4, 0.5) is 0 Å². The molecule has 0 aliphatic carbocycles. The van der Waals surface area contributed by atoms with Crippen molar-refractivity contribution in [3.05, 3.63) is 35.9 Å². The number of rotatable bonds is 6. The third-order valence-corrected chi connectivity index (χ3v) is 7.70. The first-order valence-electron chi connectivity index (χ1n) is 7.31. The molecule has 2 rings (SSSR count). The highest BCUT2D eigenvalue weighted by atomic mass is 32.2. The zero-order valence-corrected chi connectivity index (χ0v) is 15.3. The average molecular weight is 342 g/mol. The first-order chi connectivity index (χ1) is 10.2. The Labute approximate surface area is 133 Å². The molecule has 7 heteroatoms. The van der Waals surface area contributed by atoms with E-state index in [1.54, 1.807) is 0 Å². The second-order valence-corrected chi connectivity index (χ2v) is 14.4. The van der Waals surface area contributed by atoms with Gasteiger partial charge in [-0.15, -0.1) is 0 Å². The third kappa shape index (κ3) is 3.77. The molecule has 0 saturated carbocycles. The summed E-state index contributed by atoms with van der Waals surface area (Å²) in [5.41, 5.74) is 0.828. The van der Waals surface area contributed by atoms with Crippen LogP contribution in [-0.2, 0) is 19.6 Å². The molecule has 0 spiro atoms. The van der Waals surface area contributed by atoms with Gasteiger partial charge in [-0.1, -0.05) is 50.0 Å². The minimum atomic E-state index is -3.45. The van der Waals surface area contributed by atoms with Gasteiger partial charge in [0, 0.05) is 8.07 Å². The van der Waals surface area contributed by atoms with E-state index in [0.717, 1.165) is 5.56 Å². The van der Waals surface area contributed by atoms with E-state index in [2.05, 4.69) is 19.6 Å². The summed E-state index contributed by atoms with van der Waals surface area (Å²) in [4.78, 5) is 11.9. The van der Waals surface area contributed by atoms with Crippen LogP contribution in [0.2, 0.25) is 25.7 Å². The molecule has 3 atom stereocenters. The Bertz CT molecular complexity index is 639. The predicted octanol–water partition coefficient (Wildman–Crippen LogP) is 2.25. The van der Waals surface area contributed by atoms with E-state index < -0.39 is 36.2 Å². The lowest BCUT2D eigenvalue weighted by Gasteiger charge is -2.16. The number of benzene rings is 1. The number of ether oxygens (including phenoxy) is 1. The molecule has 0 radical (unpaired) electrons. The molecule has 0 bridgehead atoms. The van der Waals surface area contributed by atoms with Crippen molar-refractivity contribution in [3.63, 3.8) is 0 Å². The van der Waals surface area contributed by atoms with E-state index in [1.807, 2.05) is 30.3 Å². The van der Waals surface area contributed by atoms with E-state index in [9.17, 15) is 13.2 Å². The Hall–Kier alpha value is -1.18. The summed E-state index contributed by atoms with van der Waals surface area (Å²) in [6.45, 7) is 6.41. The smallest absolute Gasteiger partial charge is 0.326 e. The highest BCUT2D eigenvalue weighted by Gasteiger charge is 2.60. The Morgan fingerprint density at radius 3 is 2.32 bits per heavy atom. The lowest BCUT2D eigenvalue weighted by atomic mass is 10.1. The molecule has 1 aliphatic rings. The van der Waals surface area contributed by atoms with Gasteiger partial charge in [-0.05, 0) is 11.6 Å². The minimum absolute atomic E-state index is 0.0968. The summed E-state index contributed by atoms with van der Waals surface area (Å²) in [5, 5.41) is 0. The van der Waals surface area contributed by atoms with Crippen LogP contribution in [-0.4, -0.2) is 45.7 Å². The maximum Gasteiger partial charge on any atom is 0.326 e. The number of carbonyl (C=O) groups is 1. The molecule has 122 valence electrons. The van der Waals surface area contributed by atoms with Crippen molar-refractivity contribution in [1.29, 1.82) is 0 Å². The van der Waals surface area contributed by atoms with Gasteiger partial charge in [0.1, 0.15) is 6.04 Å². The van der Waals surface area contributed by atoms with Gasteiger partial charge in [0.05, 0.1) is 18.9 Å². The molecule has 1 saturated heterocycles. The molecular formula is C15H23NO4SSi. The van der Waals surface area contributed by atoms with Gasteiger partial charge in [-0.3, -0.25) is 4.79 Å². The second kappa shape index (κ2) is 6.14. The van der Waals surface area contributed by atoms with Crippen LogP contribution < -0.4 is 0 Å². The van der Waals surface area contributed by atoms with Crippen LogP contribution >= 0.6 is 0 Å². The van der Waals surface area contributed by atoms with Crippen LogP contribution in [0, 0.1) is 0 Å². The van der Waals surface area contributed by atoms with Crippen LogP contribution in [0.15, 0.2) is 30.3 Å². The SMILES string of the molecule is COC(=O)[C@H]1[C@H](c2ccccc2)N1S(=O)(=O)CC[Si](C)(C)C. The Balaban J connectivity index is 2.22. The van der Waals surface area contributed by atoms with Gasteiger partial charge in [0.25, 0.3) is 0 Å². The number of hydrogen-bond donors (Lipinski definition) is 0. The summed E-state index contributed by atoms with van der Waals surface area (Å²) in [5.74, 6) is -0.398. The Kier molecular flexibility index (Phi) is 4.79. The predicted molar refractivity (Wildman–Crippen MR) is 88.8 cm³/mol. The standard InChI is InChI=1S/C15H23NO4SSi/c1-20-15(17)14-13(12-8-6-5-7-9-12)16(14)21(18,19)10-11-22(2,3)4/h5-9,13-14H,10-11H2,1-4H3/t13-,14+,16?/m0/s1. The minimum Gasteiger partial charge on any atom is -0.468 e. The number of hydrogen-bond acceptors (Lipinski definition) is 4. The number of carbonyl (C=O) groups excluding carboxylic acids is 1. The maximum atomic E-state index is 12.6.